The van der Waals surface area contributed by atoms with Gasteiger partial charge in [-0.3, -0.25) is 0 Å². The van der Waals surface area contributed by atoms with Gasteiger partial charge < -0.3 is 10.2 Å². The molecule has 0 amide bonds. The maximum absolute atomic E-state index is 3.87. The topological polar surface area (TPSA) is 15.3 Å². The SMILES string of the molecule is CN1CCC(NC2CCc3c(Br)cccc32)CC1. The number of fused-ring (bicyclic) bond motifs is 1. The molecule has 98 valence electrons. The number of benzene rings is 1. The van der Waals surface area contributed by atoms with E-state index in [4.69, 9.17) is 0 Å². The van der Waals surface area contributed by atoms with Crippen molar-refractivity contribution in [3.8, 4) is 0 Å². The van der Waals surface area contributed by atoms with Crippen molar-refractivity contribution in [2.75, 3.05) is 20.1 Å². The molecule has 0 aromatic heterocycles. The molecule has 0 radical (unpaired) electrons. The summed E-state index contributed by atoms with van der Waals surface area (Å²) in [6.45, 7) is 2.46. The summed E-state index contributed by atoms with van der Waals surface area (Å²) in [5.41, 5.74) is 3.03. The third kappa shape index (κ3) is 2.49. The quantitative estimate of drug-likeness (QED) is 0.903. The van der Waals surface area contributed by atoms with Crippen LogP contribution in [0.15, 0.2) is 22.7 Å². The van der Waals surface area contributed by atoms with Gasteiger partial charge in [0, 0.05) is 16.6 Å². The van der Waals surface area contributed by atoms with Crippen LogP contribution in [0.3, 0.4) is 0 Å². The Morgan fingerprint density at radius 3 is 2.78 bits per heavy atom. The van der Waals surface area contributed by atoms with E-state index in [1.165, 1.54) is 54.4 Å². The van der Waals surface area contributed by atoms with E-state index < -0.39 is 0 Å². The van der Waals surface area contributed by atoms with Crippen molar-refractivity contribution in [2.24, 2.45) is 0 Å². The van der Waals surface area contributed by atoms with E-state index in [1.54, 1.807) is 0 Å². The van der Waals surface area contributed by atoms with Gasteiger partial charge in [0.15, 0.2) is 0 Å². The minimum atomic E-state index is 0.575. The van der Waals surface area contributed by atoms with E-state index in [0.717, 1.165) is 0 Å². The van der Waals surface area contributed by atoms with Crippen LogP contribution in [0.25, 0.3) is 0 Å². The largest absolute Gasteiger partial charge is 0.307 e. The molecule has 0 saturated carbocycles. The first kappa shape index (κ1) is 12.6. The molecule has 1 aromatic rings. The van der Waals surface area contributed by atoms with E-state index in [9.17, 15) is 0 Å². The first-order chi connectivity index (χ1) is 8.74. The molecule has 1 saturated heterocycles. The number of hydrogen-bond acceptors (Lipinski definition) is 2. The Morgan fingerprint density at radius 2 is 2.00 bits per heavy atom. The predicted molar refractivity (Wildman–Crippen MR) is 78.9 cm³/mol. The molecular formula is C15H21BrN2. The Balaban J connectivity index is 1.68. The molecule has 1 atom stereocenters. The molecule has 3 rings (SSSR count). The molecule has 1 fully saturated rings. The third-order valence-corrected chi connectivity index (χ3v) is 5.11. The number of hydrogen-bond donors (Lipinski definition) is 1. The highest BCUT2D eigenvalue weighted by atomic mass is 79.9. The van der Waals surface area contributed by atoms with Crippen molar-refractivity contribution in [3.63, 3.8) is 0 Å². The zero-order chi connectivity index (χ0) is 12.5. The summed E-state index contributed by atoms with van der Waals surface area (Å²) in [6.07, 6.45) is 5.04. The molecule has 1 aliphatic heterocycles. The summed E-state index contributed by atoms with van der Waals surface area (Å²) < 4.78 is 1.28. The van der Waals surface area contributed by atoms with Crippen LogP contribution >= 0.6 is 15.9 Å². The molecule has 1 aromatic carbocycles. The Kier molecular flexibility index (Phi) is 3.73. The van der Waals surface area contributed by atoms with Crippen LogP contribution in [0.1, 0.15) is 36.4 Å². The number of nitrogens with one attached hydrogen (secondary N) is 1. The van der Waals surface area contributed by atoms with Crippen LogP contribution in [0.2, 0.25) is 0 Å². The molecule has 18 heavy (non-hydrogen) atoms. The summed E-state index contributed by atoms with van der Waals surface area (Å²) in [5.74, 6) is 0. The van der Waals surface area contributed by atoms with Gasteiger partial charge in [-0.15, -0.1) is 0 Å². The van der Waals surface area contributed by atoms with Gasteiger partial charge in [0.1, 0.15) is 0 Å². The zero-order valence-electron chi connectivity index (χ0n) is 11.0. The third-order valence-electron chi connectivity index (χ3n) is 4.37. The number of piperidine rings is 1. The monoisotopic (exact) mass is 308 g/mol. The van der Waals surface area contributed by atoms with Crippen LogP contribution in [0.4, 0.5) is 0 Å². The highest BCUT2D eigenvalue weighted by Crippen LogP contribution is 2.36. The van der Waals surface area contributed by atoms with Crippen LogP contribution in [0, 0.1) is 0 Å². The fourth-order valence-electron chi connectivity index (χ4n) is 3.24. The molecule has 1 heterocycles. The Labute approximate surface area is 118 Å². The molecule has 0 bridgehead atoms. The number of likely N-dealkylation sites (tertiary alicyclic amines) is 1. The molecule has 1 N–H and O–H groups in total. The summed E-state index contributed by atoms with van der Waals surface area (Å²) in [5, 5.41) is 3.87. The second-order valence-corrected chi connectivity index (χ2v) is 6.50. The maximum Gasteiger partial charge on any atom is 0.0328 e. The van der Waals surface area contributed by atoms with Gasteiger partial charge in [0.25, 0.3) is 0 Å². The molecule has 1 aliphatic carbocycles. The minimum absolute atomic E-state index is 0.575. The first-order valence-electron chi connectivity index (χ1n) is 6.96. The lowest BCUT2D eigenvalue weighted by Gasteiger charge is -2.31. The summed E-state index contributed by atoms with van der Waals surface area (Å²) in [7, 11) is 2.22. The van der Waals surface area contributed by atoms with Gasteiger partial charge in [-0.25, -0.2) is 0 Å². The highest BCUT2D eigenvalue weighted by Gasteiger charge is 2.27. The lowest BCUT2D eigenvalue weighted by molar-refractivity contribution is 0.224. The van der Waals surface area contributed by atoms with Gasteiger partial charge in [0.2, 0.25) is 0 Å². The number of halogens is 1. The standard InChI is InChI=1S/C15H21BrN2/c1-18-9-7-11(8-10-18)17-15-6-5-12-13(15)3-2-4-14(12)16/h2-4,11,15,17H,5-10H2,1H3. The van der Waals surface area contributed by atoms with Crippen LogP contribution in [-0.2, 0) is 6.42 Å². The zero-order valence-corrected chi connectivity index (χ0v) is 12.5. The molecule has 1 unspecified atom stereocenters. The average Bonchev–Trinajstić information content (AvgIpc) is 2.77. The van der Waals surface area contributed by atoms with Gasteiger partial charge in [-0.1, -0.05) is 28.1 Å². The van der Waals surface area contributed by atoms with Crippen molar-refractivity contribution < 1.29 is 0 Å². The first-order valence-corrected chi connectivity index (χ1v) is 7.75. The van der Waals surface area contributed by atoms with Crippen molar-refractivity contribution in [2.45, 2.75) is 37.8 Å². The maximum atomic E-state index is 3.87. The van der Waals surface area contributed by atoms with Crippen molar-refractivity contribution in [3.05, 3.63) is 33.8 Å². The second-order valence-electron chi connectivity index (χ2n) is 5.64. The van der Waals surface area contributed by atoms with Crippen molar-refractivity contribution in [1.29, 1.82) is 0 Å². The van der Waals surface area contributed by atoms with Crippen LogP contribution in [-0.4, -0.2) is 31.1 Å². The second kappa shape index (κ2) is 5.32. The normalized spacial score (nSPS) is 25.3. The van der Waals surface area contributed by atoms with E-state index in [1.807, 2.05) is 0 Å². The minimum Gasteiger partial charge on any atom is -0.307 e. The fraction of sp³-hybridized carbons (Fsp3) is 0.600. The molecular weight excluding hydrogens is 288 g/mol. The Morgan fingerprint density at radius 1 is 1.22 bits per heavy atom. The molecule has 0 spiro atoms. The van der Waals surface area contributed by atoms with Crippen LogP contribution < -0.4 is 5.32 Å². The van der Waals surface area contributed by atoms with E-state index in [2.05, 4.69) is 51.4 Å². The van der Waals surface area contributed by atoms with Crippen LogP contribution in [0.5, 0.6) is 0 Å². The summed E-state index contributed by atoms with van der Waals surface area (Å²) >= 11 is 3.67. The summed E-state index contributed by atoms with van der Waals surface area (Å²) in [4.78, 5) is 2.43. The van der Waals surface area contributed by atoms with Gasteiger partial charge in [-0.05, 0) is 63.0 Å². The lowest BCUT2D eigenvalue weighted by atomic mass is 10.0. The number of nitrogens with zero attached hydrogens (tertiary/aromatic N) is 1. The molecule has 3 heteroatoms. The van der Waals surface area contributed by atoms with Crippen molar-refractivity contribution in [1.82, 2.24) is 10.2 Å². The van der Waals surface area contributed by atoms with E-state index >= 15 is 0 Å². The predicted octanol–water partition coefficient (Wildman–Crippen LogP) is 3.12. The summed E-state index contributed by atoms with van der Waals surface area (Å²) in [6, 6.07) is 7.90. The van der Waals surface area contributed by atoms with Gasteiger partial charge in [-0.2, -0.15) is 0 Å². The highest BCUT2D eigenvalue weighted by molar-refractivity contribution is 9.10. The fourth-order valence-corrected chi connectivity index (χ4v) is 3.82. The smallest absolute Gasteiger partial charge is 0.0328 e. The molecule has 2 aliphatic rings. The van der Waals surface area contributed by atoms with Gasteiger partial charge in [0.05, 0.1) is 0 Å². The molecule has 2 nitrogen and oxygen atoms in total. The Bertz CT molecular complexity index is 425. The Hall–Kier alpha value is -0.380. The average molecular weight is 309 g/mol. The lowest BCUT2D eigenvalue weighted by Crippen LogP contribution is -2.41. The van der Waals surface area contributed by atoms with Gasteiger partial charge >= 0.3 is 0 Å². The van der Waals surface area contributed by atoms with E-state index in [-0.39, 0.29) is 0 Å². The number of rotatable bonds is 2. The van der Waals surface area contributed by atoms with Crippen molar-refractivity contribution >= 4 is 15.9 Å². The van der Waals surface area contributed by atoms with E-state index in [0.29, 0.717) is 12.1 Å².